The van der Waals surface area contributed by atoms with Crippen molar-refractivity contribution in [1.82, 2.24) is 20.4 Å². The van der Waals surface area contributed by atoms with Crippen LogP contribution in [0.5, 0.6) is 0 Å². The molecule has 0 aromatic carbocycles. The molecule has 1 aromatic heterocycles. The zero-order valence-corrected chi connectivity index (χ0v) is 14.8. The second-order valence-electron chi connectivity index (χ2n) is 6.79. The van der Waals surface area contributed by atoms with Crippen molar-refractivity contribution in [1.29, 1.82) is 0 Å². The molecule has 0 bridgehead atoms. The second kappa shape index (κ2) is 7.93. The molecule has 23 heavy (non-hydrogen) atoms. The van der Waals surface area contributed by atoms with E-state index >= 15 is 0 Å². The lowest BCUT2D eigenvalue weighted by Gasteiger charge is -2.37. The number of aromatic nitrogens is 2. The van der Waals surface area contributed by atoms with Gasteiger partial charge in [0.2, 0.25) is 0 Å². The summed E-state index contributed by atoms with van der Waals surface area (Å²) < 4.78 is 7.19. The Hall–Kier alpha value is -1.40. The average Bonchev–Trinajstić information content (AvgIpc) is 2.98. The van der Waals surface area contributed by atoms with Gasteiger partial charge in [0.25, 0.3) is 5.91 Å². The van der Waals surface area contributed by atoms with Crippen molar-refractivity contribution in [3.8, 4) is 0 Å². The molecule has 0 aliphatic carbocycles. The molecule has 0 radical (unpaired) electrons. The highest BCUT2D eigenvalue weighted by Gasteiger charge is 2.33. The molecule has 1 fully saturated rings. The molecule has 1 amide bonds. The van der Waals surface area contributed by atoms with Gasteiger partial charge in [-0.05, 0) is 44.8 Å². The summed E-state index contributed by atoms with van der Waals surface area (Å²) in [6.07, 6.45) is 2.04. The third-order valence-corrected chi connectivity index (χ3v) is 4.66. The summed E-state index contributed by atoms with van der Waals surface area (Å²) in [7, 11) is 1.73. The van der Waals surface area contributed by atoms with E-state index in [0.717, 1.165) is 31.6 Å². The van der Waals surface area contributed by atoms with Gasteiger partial charge < -0.3 is 15.4 Å². The van der Waals surface area contributed by atoms with Crippen molar-refractivity contribution in [2.24, 2.45) is 5.41 Å². The maximum Gasteiger partial charge on any atom is 0.269 e. The minimum atomic E-state index is -0.0414. The molecule has 0 spiro atoms. The van der Waals surface area contributed by atoms with Crippen LogP contribution < -0.4 is 10.6 Å². The molecule has 1 saturated heterocycles. The van der Waals surface area contributed by atoms with Gasteiger partial charge in [-0.2, -0.15) is 5.10 Å². The number of rotatable bonds is 7. The Morgan fingerprint density at radius 2 is 2.17 bits per heavy atom. The van der Waals surface area contributed by atoms with Crippen molar-refractivity contribution in [2.45, 2.75) is 46.1 Å². The van der Waals surface area contributed by atoms with Crippen LogP contribution in [0.15, 0.2) is 6.07 Å². The van der Waals surface area contributed by atoms with Crippen LogP contribution in [0.3, 0.4) is 0 Å². The SMILES string of the molecule is CCn1nc(C(C)C)cc1C(=O)NCC1(COC)CCNCC1. The molecule has 1 aliphatic rings. The van der Waals surface area contributed by atoms with Crippen molar-refractivity contribution in [2.75, 3.05) is 33.4 Å². The van der Waals surface area contributed by atoms with Gasteiger partial charge in [-0.1, -0.05) is 13.8 Å². The van der Waals surface area contributed by atoms with Crippen molar-refractivity contribution in [3.05, 3.63) is 17.5 Å². The van der Waals surface area contributed by atoms with Gasteiger partial charge in [0.05, 0.1) is 12.3 Å². The number of methoxy groups -OCH3 is 1. The van der Waals surface area contributed by atoms with Crippen LogP contribution in [0, 0.1) is 5.41 Å². The minimum Gasteiger partial charge on any atom is -0.384 e. The Labute approximate surface area is 139 Å². The number of hydrogen-bond donors (Lipinski definition) is 2. The van der Waals surface area contributed by atoms with E-state index in [1.807, 2.05) is 13.0 Å². The first-order chi connectivity index (χ1) is 11.0. The molecule has 2 rings (SSSR count). The Morgan fingerprint density at radius 3 is 2.74 bits per heavy atom. The summed E-state index contributed by atoms with van der Waals surface area (Å²) in [4.78, 5) is 12.6. The third-order valence-electron chi connectivity index (χ3n) is 4.66. The lowest BCUT2D eigenvalue weighted by molar-refractivity contribution is 0.0509. The Morgan fingerprint density at radius 1 is 1.48 bits per heavy atom. The van der Waals surface area contributed by atoms with Crippen LogP contribution in [0.4, 0.5) is 0 Å². The number of hydrogen-bond acceptors (Lipinski definition) is 4. The van der Waals surface area contributed by atoms with Crippen LogP contribution in [0.2, 0.25) is 0 Å². The van der Waals surface area contributed by atoms with E-state index in [0.29, 0.717) is 31.3 Å². The number of carbonyl (C=O) groups is 1. The molecule has 1 aliphatic heterocycles. The first-order valence-electron chi connectivity index (χ1n) is 8.57. The molecule has 130 valence electrons. The fourth-order valence-corrected chi connectivity index (χ4v) is 3.14. The highest BCUT2D eigenvalue weighted by Crippen LogP contribution is 2.28. The molecule has 0 saturated carbocycles. The van der Waals surface area contributed by atoms with Gasteiger partial charge in [0, 0.05) is 25.6 Å². The number of aryl methyl sites for hydroxylation is 1. The number of nitrogens with zero attached hydrogens (tertiary/aromatic N) is 2. The smallest absolute Gasteiger partial charge is 0.269 e. The molecule has 6 heteroatoms. The van der Waals surface area contributed by atoms with Crippen molar-refractivity contribution < 1.29 is 9.53 Å². The van der Waals surface area contributed by atoms with E-state index in [-0.39, 0.29) is 11.3 Å². The predicted octanol–water partition coefficient (Wildman–Crippen LogP) is 1.77. The van der Waals surface area contributed by atoms with Crippen molar-refractivity contribution in [3.63, 3.8) is 0 Å². The van der Waals surface area contributed by atoms with Gasteiger partial charge in [0.15, 0.2) is 0 Å². The molecular weight excluding hydrogens is 292 g/mol. The van der Waals surface area contributed by atoms with Gasteiger partial charge in [-0.3, -0.25) is 9.48 Å². The maximum atomic E-state index is 12.6. The number of nitrogens with one attached hydrogen (secondary N) is 2. The van der Waals surface area contributed by atoms with Gasteiger partial charge in [-0.25, -0.2) is 0 Å². The van der Waals surface area contributed by atoms with Crippen LogP contribution in [0.1, 0.15) is 55.7 Å². The first-order valence-corrected chi connectivity index (χ1v) is 8.57. The number of ether oxygens (including phenoxy) is 1. The normalized spacial score (nSPS) is 17.4. The summed E-state index contributed by atoms with van der Waals surface area (Å²) in [5.74, 6) is 0.277. The van der Waals surface area contributed by atoms with E-state index in [9.17, 15) is 4.79 Å². The quantitative estimate of drug-likeness (QED) is 0.803. The molecule has 6 nitrogen and oxygen atoms in total. The summed E-state index contributed by atoms with van der Waals surface area (Å²) >= 11 is 0. The predicted molar refractivity (Wildman–Crippen MR) is 90.7 cm³/mol. The topological polar surface area (TPSA) is 68.2 Å². The average molecular weight is 322 g/mol. The number of carbonyl (C=O) groups excluding carboxylic acids is 1. The number of amides is 1. The van der Waals surface area contributed by atoms with Crippen molar-refractivity contribution >= 4 is 5.91 Å². The molecule has 2 N–H and O–H groups in total. The van der Waals surface area contributed by atoms with E-state index < -0.39 is 0 Å². The largest absolute Gasteiger partial charge is 0.384 e. The highest BCUT2D eigenvalue weighted by atomic mass is 16.5. The molecule has 2 heterocycles. The minimum absolute atomic E-state index is 0.0353. The summed E-state index contributed by atoms with van der Waals surface area (Å²) in [5, 5.41) is 11.0. The van der Waals surface area contributed by atoms with Gasteiger partial charge in [0.1, 0.15) is 5.69 Å². The Kier molecular flexibility index (Phi) is 6.18. The van der Waals surface area contributed by atoms with E-state index in [1.165, 1.54) is 0 Å². The first kappa shape index (κ1) is 17.9. The van der Waals surface area contributed by atoms with E-state index in [1.54, 1.807) is 11.8 Å². The zero-order chi connectivity index (χ0) is 16.9. The lowest BCUT2D eigenvalue weighted by Crippen LogP contribution is -2.47. The summed E-state index contributed by atoms with van der Waals surface area (Å²) in [6.45, 7) is 10.2. The Bertz CT molecular complexity index is 513. The fraction of sp³-hybridized carbons (Fsp3) is 0.765. The van der Waals surface area contributed by atoms with Gasteiger partial charge in [-0.15, -0.1) is 0 Å². The molecular formula is C17H30N4O2. The second-order valence-corrected chi connectivity index (χ2v) is 6.79. The summed E-state index contributed by atoms with van der Waals surface area (Å²) in [5.41, 5.74) is 1.65. The van der Waals surface area contributed by atoms with E-state index in [2.05, 4.69) is 29.6 Å². The Balaban J connectivity index is 2.06. The van der Waals surface area contributed by atoms with Crippen LogP contribution in [0.25, 0.3) is 0 Å². The highest BCUT2D eigenvalue weighted by molar-refractivity contribution is 5.92. The molecule has 0 atom stereocenters. The summed E-state index contributed by atoms with van der Waals surface area (Å²) in [6, 6.07) is 1.91. The van der Waals surface area contributed by atoms with Crippen LogP contribution in [-0.4, -0.2) is 49.0 Å². The van der Waals surface area contributed by atoms with E-state index in [4.69, 9.17) is 4.74 Å². The van der Waals surface area contributed by atoms with Gasteiger partial charge >= 0.3 is 0 Å². The molecule has 1 aromatic rings. The number of piperidine rings is 1. The van der Waals surface area contributed by atoms with Crippen LogP contribution in [-0.2, 0) is 11.3 Å². The lowest BCUT2D eigenvalue weighted by atomic mass is 9.79. The standard InChI is InChI=1S/C17H30N4O2/c1-5-21-15(10-14(20-21)13(2)3)16(22)19-11-17(12-23-4)6-8-18-9-7-17/h10,13,18H,5-9,11-12H2,1-4H3,(H,19,22). The fourth-order valence-electron chi connectivity index (χ4n) is 3.14. The third kappa shape index (κ3) is 4.32. The maximum absolute atomic E-state index is 12.6. The zero-order valence-electron chi connectivity index (χ0n) is 14.8. The molecule has 0 unspecified atom stereocenters. The monoisotopic (exact) mass is 322 g/mol. The van der Waals surface area contributed by atoms with Crippen LogP contribution >= 0.6 is 0 Å².